The highest BCUT2D eigenvalue weighted by molar-refractivity contribution is 5.76. The molecule has 0 aliphatic heterocycles. The topological polar surface area (TPSA) is 43.1 Å². The van der Waals surface area contributed by atoms with Gasteiger partial charge in [0.25, 0.3) is 0 Å². The number of carbonyl (C=O) groups is 1. The Bertz CT molecular complexity index is 294. The zero-order valence-corrected chi connectivity index (χ0v) is 7.46. The number of carbonyl (C=O) groups excluding carboxylic acids is 1. The van der Waals surface area contributed by atoms with Crippen molar-refractivity contribution in [1.29, 1.82) is 0 Å². The van der Waals surface area contributed by atoms with Crippen LogP contribution in [-0.4, -0.2) is 5.78 Å². The van der Waals surface area contributed by atoms with E-state index in [0.29, 0.717) is 6.42 Å². The van der Waals surface area contributed by atoms with Crippen molar-refractivity contribution >= 4 is 5.78 Å². The SMILES string of the molecule is CC(=O)CC(N)c1ccc(F)cc1. The molecular formula is C10H12FNO. The Hall–Kier alpha value is -1.22. The molecule has 0 aliphatic rings. The quantitative estimate of drug-likeness (QED) is 0.772. The summed E-state index contributed by atoms with van der Waals surface area (Å²) < 4.78 is 12.5. The van der Waals surface area contributed by atoms with Gasteiger partial charge in [0, 0.05) is 12.5 Å². The van der Waals surface area contributed by atoms with Crippen molar-refractivity contribution in [3.8, 4) is 0 Å². The molecule has 0 heterocycles. The first-order valence-electron chi connectivity index (χ1n) is 4.10. The van der Waals surface area contributed by atoms with E-state index in [9.17, 15) is 9.18 Å². The van der Waals surface area contributed by atoms with Gasteiger partial charge in [-0.2, -0.15) is 0 Å². The highest BCUT2D eigenvalue weighted by Gasteiger charge is 2.07. The van der Waals surface area contributed by atoms with Gasteiger partial charge in [0.2, 0.25) is 0 Å². The van der Waals surface area contributed by atoms with E-state index in [1.165, 1.54) is 19.1 Å². The molecule has 0 radical (unpaired) electrons. The minimum atomic E-state index is -0.321. The first kappa shape index (κ1) is 9.86. The molecule has 0 spiro atoms. The van der Waals surface area contributed by atoms with E-state index >= 15 is 0 Å². The van der Waals surface area contributed by atoms with E-state index in [4.69, 9.17) is 5.73 Å². The maximum Gasteiger partial charge on any atom is 0.131 e. The molecule has 0 amide bonds. The molecule has 1 aromatic carbocycles. The molecule has 3 heteroatoms. The molecule has 0 fully saturated rings. The summed E-state index contributed by atoms with van der Waals surface area (Å²) in [6, 6.07) is 5.56. The first-order chi connectivity index (χ1) is 6.09. The van der Waals surface area contributed by atoms with Crippen molar-refractivity contribution in [3.63, 3.8) is 0 Å². The molecule has 0 saturated heterocycles. The zero-order chi connectivity index (χ0) is 9.84. The van der Waals surface area contributed by atoms with Crippen LogP contribution >= 0.6 is 0 Å². The number of benzene rings is 1. The molecule has 1 unspecified atom stereocenters. The maximum absolute atomic E-state index is 12.5. The van der Waals surface area contributed by atoms with Gasteiger partial charge in [-0.3, -0.25) is 4.79 Å². The minimum absolute atomic E-state index is 0.0387. The highest BCUT2D eigenvalue weighted by Crippen LogP contribution is 2.14. The third-order valence-electron chi connectivity index (χ3n) is 1.81. The van der Waals surface area contributed by atoms with Crippen LogP contribution in [0.3, 0.4) is 0 Å². The first-order valence-corrected chi connectivity index (χ1v) is 4.10. The number of hydrogen-bond acceptors (Lipinski definition) is 2. The van der Waals surface area contributed by atoms with Crippen molar-refractivity contribution in [1.82, 2.24) is 0 Å². The monoisotopic (exact) mass is 181 g/mol. The van der Waals surface area contributed by atoms with E-state index in [1.54, 1.807) is 12.1 Å². The number of halogens is 1. The van der Waals surface area contributed by atoms with Crippen LogP contribution in [0.25, 0.3) is 0 Å². The molecule has 13 heavy (non-hydrogen) atoms. The molecule has 2 nitrogen and oxygen atoms in total. The van der Waals surface area contributed by atoms with E-state index in [0.717, 1.165) is 5.56 Å². The van der Waals surface area contributed by atoms with Gasteiger partial charge in [0.15, 0.2) is 0 Å². The van der Waals surface area contributed by atoms with E-state index in [1.807, 2.05) is 0 Å². The second-order valence-corrected chi connectivity index (χ2v) is 3.06. The molecule has 70 valence electrons. The van der Waals surface area contributed by atoms with Gasteiger partial charge < -0.3 is 5.73 Å². The summed E-state index contributed by atoms with van der Waals surface area (Å²) in [7, 11) is 0. The lowest BCUT2D eigenvalue weighted by Crippen LogP contribution is -2.13. The summed E-state index contributed by atoms with van der Waals surface area (Å²) in [4.78, 5) is 10.7. The highest BCUT2D eigenvalue weighted by atomic mass is 19.1. The predicted octanol–water partition coefficient (Wildman–Crippen LogP) is 1.80. The van der Waals surface area contributed by atoms with E-state index < -0.39 is 0 Å². The molecule has 1 aromatic rings. The average Bonchev–Trinajstić information content (AvgIpc) is 2.04. The van der Waals surface area contributed by atoms with Crippen LogP contribution in [-0.2, 0) is 4.79 Å². The predicted molar refractivity (Wildman–Crippen MR) is 48.6 cm³/mol. The normalized spacial score (nSPS) is 12.5. The molecular weight excluding hydrogens is 169 g/mol. The second-order valence-electron chi connectivity index (χ2n) is 3.06. The van der Waals surface area contributed by atoms with Gasteiger partial charge in [-0.05, 0) is 24.6 Å². The Labute approximate surface area is 76.6 Å². The molecule has 0 bridgehead atoms. The fourth-order valence-corrected chi connectivity index (χ4v) is 1.14. The van der Waals surface area contributed by atoms with Gasteiger partial charge in [-0.25, -0.2) is 4.39 Å². The van der Waals surface area contributed by atoms with Gasteiger partial charge in [0.05, 0.1) is 0 Å². The maximum atomic E-state index is 12.5. The van der Waals surface area contributed by atoms with Gasteiger partial charge in [-0.15, -0.1) is 0 Å². The second kappa shape index (κ2) is 4.14. The number of Topliss-reactive ketones (excluding diaryl/α,β-unsaturated/α-hetero) is 1. The van der Waals surface area contributed by atoms with Crippen molar-refractivity contribution in [2.24, 2.45) is 5.73 Å². The van der Waals surface area contributed by atoms with Crippen LogP contribution in [0.4, 0.5) is 4.39 Å². The lowest BCUT2D eigenvalue weighted by molar-refractivity contribution is -0.117. The van der Waals surface area contributed by atoms with Gasteiger partial charge in [0.1, 0.15) is 11.6 Å². The Kier molecular flexibility index (Phi) is 3.14. The van der Waals surface area contributed by atoms with Crippen molar-refractivity contribution in [2.75, 3.05) is 0 Å². The smallest absolute Gasteiger partial charge is 0.131 e. The molecule has 0 saturated carbocycles. The lowest BCUT2D eigenvalue weighted by atomic mass is 10.0. The van der Waals surface area contributed by atoms with Crippen LogP contribution in [0.15, 0.2) is 24.3 Å². The Morgan fingerprint density at radius 1 is 1.46 bits per heavy atom. The zero-order valence-electron chi connectivity index (χ0n) is 7.46. The average molecular weight is 181 g/mol. The molecule has 0 aromatic heterocycles. The summed E-state index contributed by atoms with van der Waals surface area (Å²) in [5.41, 5.74) is 6.49. The van der Waals surface area contributed by atoms with Crippen LogP contribution in [0, 0.1) is 5.82 Å². The fourth-order valence-electron chi connectivity index (χ4n) is 1.14. The van der Waals surface area contributed by atoms with Gasteiger partial charge in [-0.1, -0.05) is 12.1 Å². The summed E-state index contributed by atoms with van der Waals surface area (Å²) in [6.07, 6.45) is 0.297. The van der Waals surface area contributed by atoms with Crippen LogP contribution in [0.1, 0.15) is 24.9 Å². The number of nitrogens with two attached hydrogens (primary N) is 1. The summed E-state index contributed by atoms with van der Waals surface area (Å²) >= 11 is 0. The van der Waals surface area contributed by atoms with Crippen molar-refractivity contribution in [2.45, 2.75) is 19.4 Å². The Morgan fingerprint density at radius 3 is 2.46 bits per heavy atom. The van der Waals surface area contributed by atoms with E-state index in [2.05, 4.69) is 0 Å². The third kappa shape index (κ3) is 2.95. The molecule has 0 aliphatic carbocycles. The van der Waals surface area contributed by atoms with Crippen LogP contribution in [0.5, 0.6) is 0 Å². The fraction of sp³-hybridized carbons (Fsp3) is 0.300. The minimum Gasteiger partial charge on any atom is -0.324 e. The largest absolute Gasteiger partial charge is 0.324 e. The molecule has 1 rings (SSSR count). The van der Waals surface area contributed by atoms with E-state index in [-0.39, 0.29) is 17.6 Å². The lowest BCUT2D eigenvalue weighted by Gasteiger charge is -2.09. The summed E-state index contributed by atoms with van der Waals surface area (Å²) in [6.45, 7) is 1.49. The van der Waals surface area contributed by atoms with Crippen LogP contribution < -0.4 is 5.73 Å². The molecule has 2 N–H and O–H groups in total. The number of ketones is 1. The number of rotatable bonds is 3. The van der Waals surface area contributed by atoms with Crippen molar-refractivity contribution < 1.29 is 9.18 Å². The van der Waals surface area contributed by atoms with Crippen molar-refractivity contribution in [3.05, 3.63) is 35.6 Å². The van der Waals surface area contributed by atoms with Gasteiger partial charge >= 0.3 is 0 Å². The Balaban J connectivity index is 2.71. The summed E-state index contributed by atoms with van der Waals surface area (Å²) in [5, 5.41) is 0. The third-order valence-corrected chi connectivity index (χ3v) is 1.81. The summed E-state index contributed by atoms with van der Waals surface area (Å²) in [5.74, 6) is -0.254. The van der Waals surface area contributed by atoms with Crippen LogP contribution in [0.2, 0.25) is 0 Å². The number of hydrogen-bond donors (Lipinski definition) is 1. The molecule has 1 atom stereocenters. The standard InChI is InChI=1S/C10H12FNO/c1-7(13)6-10(12)8-2-4-9(11)5-3-8/h2-5,10H,6,12H2,1H3. The Morgan fingerprint density at radius 2 is 2.00 bits per heavy atom.